The summed E-state index contributed by atoms with van der Waals surface area (Å²) in [6.07, 6.45) is 11.4. The van der Waals surface area contributed by atoms with Gasteiger partial charge in [-0.25, -0.2) is 0 Å². The highest BCUT2D eigenvalue weighted by Gasteiger charge is 2.33. The normalized spacial score (nSPS) is 21.5. The molecule has 3 amide bonds. The molecule has 6 nitrogen and oxygen atoms in total. The molecule has 0 spiro atoms. The van der Waals surface area contributed by atoms with E-state index in [2.05, 4.69) is 29.7 Å². The van der Waals surface area contributed by atoms with Crippen LogP contribution in [0.2, 0.25) is 0 Å². The van der Waals surface area contributed by atoms with E-state index < -0.39 is 0 Å². The number of carbonyl (C=O) groups is 3. The third-order valence-electron chi connectivity index (χ3n) is 8.05. The number of unbranched alkanes of at least 4 members (excludes halogenated alkanes) is 3. The molecule has 1 saturated carbocycles. The van der Waals surface area contributed by atoms with Gasteiger partial charge in [0.05, 0.1) is 5.92 Å². The standard InChI is InChI=1S/C32H43N3O3/c1-2-3-4-6-12-24-18-20-26(21-19-24)32(38)35-22-11-15-27(23-35)31(37)34-29-17-10-9-16-28(29)33-30(36)25-13-7-5-8-14-25/h5,7-8,13-14,18-21,27-29H,2-4,6,9-12,15-17,22-23H2,1H3,(H,33,36)(H,34,37)/t27?,28-,29-/m1/s1. The molecule has 204 valence electrons. The molecule has 2 aliphatic rings. The van der Waals surface area contributed by atoms with Gasteiger partial charge in [-0.15, -0.1) is 0 Å². The average molecular weight is 518 g/mol. The highest BCUT2D eigenvalue weighted by atomic mass is 16.2. The molecule has 4 rings (SSSR count). The van der Waals surface area contributed by atoms with Gasteiger partial charge in [0.25, 0.3) is 11.8 Å². The molecule has 2 aromatic rings. The molecule has 0 radical (unpaired) electrons. The molecular formula is C32H43N3O3. The van der Waals surface area contributed by atoms with Gasteiger partial charge in [-0.05, 0) is 68.4 Å². The quantitative estimate of drug-likeness (QED) is 0.408. The first-order chi connectivity index (χ1) is 18.5. The second-order valence-electron chi connectivity index (χ2n) is 10.9. The van der Waals surface area contributed by atoms with Crippen molar-refractivity contribution in [1.82, 2.24) is 15.5 Å². The molecule has 3 atom stereocenters. The Labute approximate surface area is 227 Å². The van der Waals surface area contributed by atoms with Crippen LogP contribution in [0, 0.1) is 5.92 Å². The number of likely N-dealkylation sites (tertiary alicyclic amines) is 1. The summed E-state index contributed by atoms with van der Waals surface area (Å²) in [6, 6.07) is 17.1. The summed E-state index contributed by atoms with van der Waals surface area (Å²) in [5.41, 5.74) is 2.60. The lowest BCUT2D eigenvalue weighted by atomic mass is 9.88. The molecule has 2 fully saturated rings. The van der Waals surface area contributed by atoms with Crippen LogP contribution in [-0.4, -0.2) is 47.8 Å². The summed E-state index contributed by atoms with van der Waals surface area (Å²) in [6.45, 7) is 3.34. The maximum Gasteiger partial charge on any atom is 0.253 e. The number of aryl methyl sites for hydroxylation is 1. The van der Waals surface area contributed by atoms with Crippen molar-refractivity contribution >= 4 is 17.7 Å². The predicted molar refractivity (Wildman–Crippen MR) is 151 cm³/mol. The third kappa shape index (κ3) is 7.68. The van der Waals surface area contributed by atoms with E-state index in [4.69, 9.17) is 0 Å². The van der Waals surface area contributed by atoms with Gasteiger partial charge >= 0.3 is 0 Å². The molecule has 1 aliphatic carbocycles. The number of hydrogen-bond acceptors (Lipinski definition) is 3. The summed E-state index contributed by atoms with van der Waals surface area (Å²) < 4.78 is 0. The molecular weight excluding hydrogens is 474 g/mol. The van der Waals surface area contributed by atoms with E-state index in [1.807, 2.05) is 35.2 Å². The van der Waals surface area contributed by atoms with Crippen molar-refractivity contribution in [3.05, 3.63) is 71.3 Å². The Morgan fingerprint density at radius 3 is 2.21 bits per heavy atom. The van der Waals surface area contributed by atoms with Crippen molar-refractivity contribution in [3.8, 4) is 0 Å². The lowest BCUT2D eigenvalue weighted by Crippen LogP contribution is -2.55. The first-order valence-electron chi connectivity index (χ1n) is 14.6. The van der Waals surface area contributed by atoms with Crippen LogP contribution >= 0.6 is 0 Å². The highest BCUT2D eigenvalue weighted by molar-refractivity contribution is 5.95. The molecule has 1 heterocycles. The van der Waals surface area contributed by atoms with Crippen LogP contribution in [0.4, 0.5) is 0 Å². The zero-order valence-corrected chi connectivity index (χ0v) is 22.8. The van der Waals surface area contributed by atoms with E-state index in [0.29, 0.717) is 24.2 Å². The SMILES string of the molecule is CCCCCCc1ccc(C(=O)N2CCCC(C(=O)N[C@@H]3CCCC[C@H]3NC(=O)c3ccccc3)C2)cc1. The number of benzene rings is 2. The first kappa shape index (κ1) is 27.9. The highest BCUT2D eigenvalue weighted by Crippen LogP contribution is 2.23. The summed E-state index contributed by atoms with van der Waals surface area (Å²) in [7, 11) is 0. The smallest absolute Gasteiger partial charge is 0.253 e. The Morgan fingerprint density at radius 2 is 1.50 bits per heavy atom. The number of carbonyl (C=O) groups excluding carboxylic acids is 3. The van der Waals surface area contributed by atoms with Crippen molar-refractivity contribution in [2.45, 2.75) is 89.6 Å². The van der Waals surface area contributed by atoms with Crippen LogP contribution in [0.5, 0.6) is 0 Å². The maximum atomic E-state index is 13.3. The van der Waals surface area contributed by atoms with Gasteiger partial charge in [-0.2, -0.15) is 0 Å². The first-order valence-corrected chi connectivity index (χ1v) is 14.6. The van der Waals surface area contributed by atoms with Crippen LogP contribution in [0.15, 0.2) is 54.6 Å². The predicted octanol–water partition coefficient (Wildman–Crippen LogP) is 5.52. The van der Waals surface area contributed by atoms with Crippen LogP contribution in [0.3, 0.4) is 0 Å². The summed E-state index contributed by atoms with van der Waals surface area (Å²) in [5, 5.41) is 6.39. The zero-order valence-electron chi connectivity index (χ0n) is 22.8. The Balaban J connectivity index is 1.30. The molecule has 0 bridgehead atoms. The number of piperidine rings is 1. The molecule has 38 heavy (non-hydrogen) atoms. The Kier molecular flexibility index (Phi) is 10.4. The van der Waals surface area contributed by atoms with Crippen molar-refractivity contribution in [2.24, 2.45) is 5.92 Å². The number of hydrogen-bond donors (Lipinski definition) is 2. The third-order valence-corrected chi connectivity index (χ3v) is 8.05. The van der Waals surface area contributed by atoms with Gasteiger partial charge in [-0.3, -0.25) is 14.4 Å². The minimum atomic E-state index is -0.224. The molecule has 6 heteroatoms. The second kappa shape index (κ2) is 14.1. The molecule has 0 aromatic heterocycles. The van der Waals surface area contributed by atoms with Crippen LogP contribution in [-0.2, 0) is 11.2 Å². The zero-order chi connectivity index (χ0) is 26.7. The molecule has 2 aromatic carbocycles. The van der Waals surface area contributed by atoms with Gasteiger partial charge in [0.2, 0.25) is 5.91 Å². The van der Waals surface area contributed by atoms with Crippen LogP contribution in [0.25, 0.3) is 0 Å². The van der Waals surface area contributed by atoms with Gasteiger partial charge in [-0.1, -0.05) is 69.4 Å². The number of nitrogens with one attached hydrogen (secondary N) is 2. The fourth-order valence-corrected chi connectivity index (χ4v) is 5.75. The van der Waals surface area contributed by atoms with E-state index in [0.717, 1.165) is 44.9 Å². The Hall–Kier alpha value is -3.15. The van der Waals surface area contributed by atoms with Gasteiger partial charge < -0.3 is 15.5 Å². The van der Waals surface area contributed by atoms with E-state index in [1.54, 1.807) is 12.1 Å². The van der Waals surface area contributed by atoms with E-state index in [1.165, 1.54) is 31.2 Å². The van der Waals surface area contributed by atoms with Crippen LogP contribution < -0.4 is 10.6 Å². The fraction of sp³-hybridized carbons (Fsp3) is 0.531. The topological polar surface area (TPSA) is 78.5 Å². The minimum Gasteiger partial charge on any atom is -0.351 e. The molecule has 1 saturated heterocycles. The van der Waals surface area contributed by atoms with Crippen molar-refractivity contribution in [2.75, 3.05) is 13.1 Å². The van der Waals surface area contributed by atoms with Crippen LogP contribution in [0.1, 0.15) is 97.4 Å². The molecule has 2 N–H and O–H groups in total. The monoisotopic (exact) mass is 517 g/mol. The number of amides is 3. The number of rotatable bonds is 10. The van der Waals surface area contributed by atoms with Gasteiger partial charge in [0.15, 0.2) is 0 Å². The number of nitrogens with zero attached hydrogens (tertiary/aromatic N) is 1. The van der Waals surface area contributed by atoms with Crippen molar-refractivity contribution < 1.29 is 14.4 Å². The lowest BCUT2D eigenvalue weighted by Gasteiger charge is -2.36. The fourth-order valence-electron chi connectivity index (χ4n) is 5.75. The maximum absolute atomic E-state index is 13.3. The van der Waals surface area contributed by atoms with Gasteiger partial charge in [0, 0.05) is 36.3 Å². The summed E-state index contributed by atoms with van der Waals surface area (Å²) in [5.74, 6) is -0.322. The average Bonchev–Trinajstić information content (AvgIpc) is 2.97. The van der Waals surface area contributed by atoms with E-state index in [9.17, 15) is 14.4 Å². The minimum absolute atomic E-state index is 0.00390. The largest absolute Gasteiger partial charge is 0.351 e. The van der Waals surface area contributed by atoms with E-state index in [-0.39, 0.29) is 35.7 Å². The van der Waals surface area contributed by atoms with Crippen molar-refractivity contribution in [1.29, 1.82) is 0 Å². The molecule has 1 aliphatic heterocycles. The lowest BCUT2D eigenvalue weighted by molar-refractivity contribution is -0.127. The second-order valence-corrected chi connectivity index (χ2v) is 10.9. The Bertz CT molecular complexity index is 1050. The van der Waals surface area contributed by atoms with Gasteiger partial charge in [0.1, 0.15) is 0 Å². The molecule has 1 unspecified atom stereocenters. The van der Waals surface area contributed by atoms with Crippen molar-refractivity contribution in [3.63, 3.8) is 0 Å². The summed E-state index contributed by atoms with van der Waals surface area (Å²) in [4.78, 5) is 41.1. The Morgan fingerprint density at radius 1 is 0.789 bits per heavy atom. The summed E-state index contributed by atoms with van der Waals surface area (Å²) >= 11 is 0. The van der Waals surface area contributed by atoms with E-state index >= 15 is 0 Å².